The van der Waals surface area contributed by atoms with Gasteiger partial charge in [0.15, 0.2) is 5.96 Å². The van der Waals surface area contributed by atoms with Crippen molar-refractivity contribution in [3.05, 3.63) is 29.8 Å². The third kappa shape index (κ3) is 5.13. The Bertz CT molecular complexity index is 589. The van der Waals surface area contributed by atoms with Crippen molar-refractivity contribution in [3.63, 3.8) is 0 Å². The van der Waals surface area contributed by atoms with Crippen molar-refractivity contribution in [2.24, 2.45) is 4.99 Å². The van der Waals surface area contributed by atoms with E-state index in [1.165, 1.54) is 37.7 Å². The predicted molar refractivity (Wildman–Crippen MR) is 108 cm³/mol. The smallest absolute Gasteiger partial charge is 0.191 e. The highest BCUT2D eigenvalue weighted by Crippen LogP contribution is 2.27. The van der Waals surface area contributed by atoms with Crippen molar-refractivity contribution in [1.82, 2.24) is 15.5 Å². The van der Waals surface area contributed by atoms with Gasteiger partial charge in [-0.2, -0.15) is 0 Å². The molecule has 1 aliphatic heterocycles. The van der Waals surface area contributed by atoms with E-state index in [2.05, 4.69) is 52.6 Å². The number of benzene rings is 1. The minimum Gasteiger partial charge on any atom is -0.490 e. The molecule has 0 spiro atoms. The molecule has 1 aromatic rings. The van der Waals surface area contributed by atoms with Gasteiger partial charge in [0.05, 0.1) is 6.10 Å². The van der Waals surface area contributed by atoms with Crippen LogP contribution in [0.4, 0.5) is 0 Å². The molecule has 5 nitrogen and oxygen atoms in total. The molecule has 0 amide bonds. The molecule has 1 heterocycles. The van der Waals surface area contributed by atoms with Crippen LogP contribution in [0.15, 0.2) is 29.3 Å². The first kappa shape index (κ1) is 19.0. The maximum absolute atomic E-state index is 6.13. The second-order valence-electron chi connectivity index (χ2n) is 7.75. The van der Waals surface area contributed by atoms with E-state index in [4.69, 9.17) is 4.74 Å². The molecular formula is C21H34N4O. The van der Waals surface area contributed by atoms with E-state index < -0.39 is 0 Å². The zero-order valence-electron chi connectivity index (χ0n) is 16.5. The van der Waals surface area contributed by atoms with E-state index in [0.29, 0.717) is 18.2 Å². The lowest BCUT2D eigenvalue weighted by Gasteiger charge is -2.35. The van der Waals surface area contributed by atoms with Crippen LogP contribution in [0.1, 0.15) is 51.5 Å². The fraction of sp³-hybridized carbons (Fsp3) is 0.667. The summed E-state index contributed by atoms with van der Waals surface area (Å²) in [5.41, 5.74) is 1.19. The molecule has 3 rings (SSSR count). The quantitative estimate of drug-likeness (QED) is 0.606. The first-order valence-electron chi connectivity index (χ1n) is 10.1. The summed E-state index contributed by atoms with van der Waals surface area (Å²) in [6, 6.07) is 9.47. The monoisotopic (exact) mass is 358 g/mol. The third-order valence-electron chi connectivity index (χ3n) is 5.59. The van der Waals surface area contributed by atoms with Gasteiger partial charge in [0.1, 0.15) is 5.75 Å². The van der Waals surface area contributed by atoms with Crippen LogP contribution in [-0.4, -0.2) is 49.2 Å². The van der Waals surface area contributed by atoms with Crippen LogP contribution in [0.2, 0.25) is 0 Å². The number of hydrogen-bond acceptors (Lipinski definition) is 3. The number of nitrogens with one attached hydrogen (secondary N) is 2. The summed E-state index contributed by atoms with van der Waals surface area (Å²) < 4.78 is 6.13. The van der Waals surface area contributed by atoms with Crippen molar-refractivity contribution in [2.75, 3.05) is 20.1 Å². The van der Waals surface area contributed by atoms with E-state index in [0.717, 1.165) is 31.3 Å². The number of hydrogen-bond donors (Lipinski definition) is 2. The first-order chi connectivity index (χ1) is 12.7. The van der Waals surface area contributed by atoms with Gasteiger partial charge in [0.25, 0.3) is 0 Å². The minimum absolute atomic E-state index is 0.403. The molecule has 1 saturated heterocycles. The van der Waals surface area contributed by atoms with E-state index in [9.17, 15) is 0 Å². The third-order valence-corrected chi connectivity index (χ3v) is 5.59. The largest absolute Gasteiger partial charge is 0.490 e. The highest BCUT2D eigenvalue weighted by atomic mass is 16.5. The van der Waals surface area contributed by atoms with E-state index in [1.807, 2.05) is 13.1 Å². The number of aliphatic imine (C=N–C) groups is 1. The average molecular weight is 359 g/mol. The van der Waals surface area contributed by atoms with Crippen LogP contribution in [0.25, 0.3) is 0 Å². The Morgan fingerprint density at radius 2 is 1.92 bits per heavy atom. The Balaban J connectivity index is 1.49. The number of para-hydroxylation sites is 1. The number of piperidine rings is 1. The first-order valence-corrected chi connectivity index (χ1v) is 10.1. The van der Waals surface area contributed by atoms with Crippen LogP contribution in [0.5, 0.6) is 5.75 Å². The highest BCUT2D eigenvalue weighted by Gasteiger charge is 2.22. The molecule has 144 valence electrons. The Labute approximate surface area is 158 Å². The van der Waals surface area contributed by atoms with E-state index in [-0.39, 0.29) is 0 Å². The zero-order chi connectivity index (χ0) is 18.4. The number of nitrogens with zero attached hydrogens (tertiary/aromatic N) is 2. The molecule has 2 N–H and O–H groups in total. The van der Waals surface area contributed by atoms with Gasteiger partial charge in [-0.05, 0) is 52.0 Å². The normalized spacial score (nSPS) is 20.1. The maximum atomic E-state index is 6.13. The van der Waals surface area contributed by atoms with Gasteiger partial charge >= 0.3 is 0 Å². The molecule has 5 heteroatoms. The van der Waals surface area contributed by atoms with Gasteiger partial charge < -0.3 is 20.3 Å². The van der Waals surface area contributed by atoms with Gasteiger partial charge in [0.2, 0.25) is 0 Å². The second kappa shape index (κ2) is 9.26. The van der Waals surface area contributed by atoms with Crippen LogP contribution in [-0.2, 0) is 6.54 Å². The van der Waals surface area contributed by atoms with Crippen molar-refractivity contribution in [1.29, 1.82) is 0 Å². The molecule has 1 saturated carbocycles. The van der Waals surface area contributed by atoms with E-state index >= 15 is 0 Å². The molecular weight excluding hydrogens is 324 g/mol. The average Bonchev–Trinajstić information content (AvgIpc) is 2.63. The fourth-order valence-electron chi connectivity index (χ4n) is 3.56. The van der Waals surface area contributed by atoms with Gasteiger partial charge in [-0.15, -0.1) is 0 Å². The second-order valence-corrected chi connectivity index (χ2v) is 7.75. The SMILES string of the molecule is CN=C(NCc1ccccc1OC1CCC1)NC1CCN(C(C)C)CC1. The van der Waals surface area contributed by atoms with Gasteiger partial charge in [-0.1, -0.05) is 18.2 Å². The van der Waals surface area contributed by atoms with Crippen molar-refractivity contribution >= 4 is 5.96 Å². The number of ether oxygens (including phenoxy) is 1. The minimum atomic E-state index is 0.403. The fourth-order valence-corrected chi connectivity index (χ4v) is 3.56. The van der Waals surface area contributed by atoms with Crippen LogP contribution >= 0.6 is 0 Å². The highest BCUT2D eigenvalue weighted by molar-refractivity contribution is 5.80. The summed E-state index contributed by atoms with van der Waals surface area (Å²) in [7, 11) is 1.84. The molecule has 1 aliphatic carbocycles. The van der Waals surface area contributed by atoms with E-state index in [1.54, 1.807) is 0 Å². The molecule has 2 aliphatic rings. The summed E-state index contributed by atoms with van der Waals surface area (Å²) in [5.74, 6) is 1.89. The number of rotatable bonds is 6. The standard InChI is InChI=1S/C21H34N4O/c1-16(2)25-13-11-18(12-14-25)24-21(22-3)23-15-17-7-4-5-10-20(17)26-19-8-6-9-19/h4-5,7,10,16,18-19H,6,8-9,11-15H2,1-3H3,(H2,22,23,24). The number of likely N-dealkylation sites (tertiary alicyclic amines) is 1. The van der Waals surface area contributed by atoms with Crippen molar-refractivity contribution in [3.8, 4) is 5.75 Å². The summed E-state index contributed by atoms with van der Waals surface area (Å²) in [4.78, 5) is 6.95. The van der Waals surface area contributed by atoms with Gasteiger partial charge in [0, 0.05) is 44.3 Å². The molecule has 0 atom stereocenters. The molecule has 0 bridgehead atoms. The van der Waals surface area contributed by atoms with Crippen LogP contribution in [0.3, 0.4) is 0 Å². The predicted octanol–water partition coefficient (Wildman–Crippen LogP) is 3.16. The van der Waals surface area contributed by atoms with Gasteiger partial charge in [-0.25, -0.2) is 0 Å². The molecule has 0 unspecified atom stereocenters. The molecule has 1 aromatic carbocycles. The Hall–Kier alpha value is -1.75. The summed E-state index contributed by atoms with van der Waals surface area (Å²) >= 11 is 0. The van der Waals surface area contributed by atoms with Crippen LogP contribution < -0.4 is 15.4 Å². The zero-order valence-corrected chi connectivity index (χ0v) is 16.5. The lowest BCUT2D eigenvalue weighted by molar-refractivity contribution is 0.119. The lowest BCUT2D eigenvalue weighted by atomic mass is 9.96. The molecule has 2 fully saturated rings. The molecule has 0 radical (unpaired) electrons. The van der Waals surface area contributed by atoms with Gasteiger partial charge in [-0.3, -0.25) is 4.99 Å². The summed E-state index contributed by atoms with van der Waals surface area (Å²) in [6.45, 7) is 7.59. The lowest BCUT2D eigenvalue weighted by Crippen LogP contribution is -2.49. The summed E-state index contributed by atoms with van der Waals surface area (Å²) in [6.07, 6.45) is 6.39. The van der Waals surface area contributed by atoms with Crippen molar-refractivity contribution in [2.45, 2.75) is 70.7 Å². The Kier molecular flexibility index (Phi) is 6.78. The summed E-state index contributed by atoms with van der Waals surface area (Å²) in [5, 5.41) is 7.05. The molecule has 26 heavy (non-hydrogen) atoms. The van der Waals surface area contributed by atoms with Crippen LogP contribution in [0, 0.1) is 0 Å². The Morgan fingerprint density at radius 3 is 2.54 bits per heavy atom. The maximum Gasteiger partial charge on any atom is 0.191 e. The molecule has 0 aromatic heterocycles. The van der Waals surface area contributed by atoms with Crippen molar-refractivity contribution < 1.29 is 4.74 Å². The topological polar surface area (TPSA) is 48.9 Å². The number of guanidine groups is 1. The Morgan fingerprint density at radius 1 is 1.19 bits per heavy atom.